The molecule has 0 aromatic heterocycles. The van der Waals surface area contributed by atoms with Gasteiger partial charge in [-0.25, -0.2) is 0 Å². The highest BCUT2D eigenvalue weighted by atomic mass is 35.5. The van der Waals surface area contributed by atoms with Crippen LogP contribution in [-0.4, -0.2) is 50.4 Å². The first-order valence-electron chi connectivity index (χ1n) is 14.9. The third kappa shape index (κ3) is 5.18. The van der Waals surface area contributed by atoms with Gasteiger partial charge in [0.15, 0.2) is 28.8 Å². The first kappa shape index (κ1) is 30.4. The second-order valence-electron chi connectivity index (χ2n) is 11.7. The quantitative estimate of drug-likeness (QED) is 0.189. The maximum atomic E-state index is 13.8. The Balaban J connectivity index is 1.25. The molecule has 3 aliphatic rings. The molecular formula is C36H30ClNO9. The summed E-state index contributed by atoms with van der Waals surface area (Å²) in [5, 5.41) is 14.2. The van der Waals surface area contributed by atoms with Gasteiger partial charge in [0, 0.05) is 33.5 Å². The van der Waals surface area contributed by atoms with Crippen molar-refractivity contribution in [2.75, 3.05) is 27.6 Å². The van der Waals surface area contributed by atoms with Gasteiger partial charge in [0.05, 0.1) is 32.8 Å². The average Bonchev–Trinajstić information content (AvgIpc) is 3.71. The SMILES string of the molecule is COc1cc([C@H]2c3cc4c(cc3[C@H](NC(=O)c3ccc(C(=O)c5ccc(C)c(Cl)c5)cc3)[C@H]3COC(=O)[C@H]23)OCO4)cc(OC)c1O. The molecule has 4 aromatic carbocycles. The van der Waals surface area contributed by atoms with Crippen molar-refractivity contribution in [2.24, 2.45) is 11.8 Å². The van der Waals surface area contributed by atoms with Crippen LogP contribution in [-0.2, 0) is 9.53 Å². The lowest BCUT2D eigenvalue weighted by Gasteiger charge is -2.39. The number of aryl methyl sites for hydroxylation is 1. The number of fused-ring (bicyclic) bond motifs is 3. The van der Waals surface area contributed by atoms with Gasteiger partial charge in [0.25, 0.3) is 5.91 Å². The van der Waals surface area contributed by atoms with Crippen molar-refractivity contribution in [1.29, 1.82) is 0 Å². The van der Waals surface area contributed by atoms with Gasteiger partial charge in [0.2, 0.25) is 12.5 Å². The monoisotopic (exact) mass is 655 g/mol. The van der Waals surface area contributed by atoms with Crippen LogP contribution >= 0.6 is 11.6 Å². The summed E-state index contributed by atoms with van der Waals surface area (Å²) in [4.78, 5) is 40.3. The maximum absolute atomic E-state index is 13.8. The van der Waals surface area contributed by atoms with Crippen LogP contribution in [0.3, 0.4) is 0 Å². The first-order chi connectivity index (χ1) is 22.7. The lowest BCUT2D eigenvalue weighted by atomic mass is 9.65. The van der Waals surface area contributed by atoms with E-state index in [1.807, 2.05) is 19.1 Å². The average molecular weight is 656 g/mol. The number of ketones is 1. The second-order valence-corrected chi connectivity index (χ2v) is 12.1. The normalized spacial score (nSPS) is 20.6. The van der Waals surface area contributed by atoms with E-state index in [1.54, 1.807) is 54.6 Å². The molecule has 7 rings (SSSR count). The Bertz CT molecular complexity index is 1910. The van der Waals surface area contributed by atoms with E-state index in [0.717, 1.165) is 16.7 Å². The zero-order valence-electron chi connectivity index (χ0n) is 25.7. The highest BCUT2D eigenvalue weighted by Crippen LogP contribution is 2.55. The molecule has 240 valence electrons. The fourth-order valence-corrected chi connectivity index (χ4v) is 6.92. The molecular weight excluding hydrogens is 626 g/mol. The van der Waals surface area contributed by atoms with Gasteiger partial charge in [-0.3, -0.25) is 14.4 Å². The van der Waals surface area contributed by atoms with E-state index < -0.39 is 29.8 Å². The van der Waals surface area contributed by atoms with Crippen LogP contribution in [0.25, 0.3) is 0 Å². The predicted molar refractivity (Wildman–Crippen MR) is 170 cm³/mol. The highest BCUT2D eigenvalue weighted by molar-refractivity contribution is 6.31. The van der Waals surface area contributed by atoms with E-state index in [-0.39, 0.29) is 42.3 Å². The summed E-state index contributed by atoms with van der Waals surface area (Å²) in [5.74, 6) is -1.44. The van der Waals surface area contributed by atoms with Gasteiger partial charge in [0.1, 0.15) is 0 Å². The Hall–Kier alpha value is -5.22. The zero-order valence-corrected chi connectivity index (χ0v) is 26.4. The topological polar surface area (TPSA) is 130 Å². The van der Waals surface area contributed by atoms with Gasteiger partial charge in [-0.2, -0.15) is 0 Å². The van der Waals surface area contributed by atoms with Crippen molar-refractivity contribution in [3.8, 4) is 28.7 Å². The molecule has 1 fully saturated rings. The molecule has 1 amide bonds. The maximum Gasteiger partial charge on any atom is 0.310 e. The number of phenols is 1. The number of phenolic OH excluding ortho intramolecular Hbond substituents is 1. The lowest BCUT2D eigenvalue weighted by molar-refractivity contribution is -0.141. The van der Waals surface area contributed by atoms with Crippen molar-refractivity contribution in [1.82, 2.24) is 5.32 Å². The fraction of sp³-hybridized carbons (Fsp3) is 0.250. The van der Waals surface area contributed by atoms with Crippen LogP contribution in [0.1, 0.15) is 60.5 Å². The Kier molecular flexibility index (Phi) is 7.68. The molecule has 4 atom stereocenters. The molecule has 10 nitrogen and oxygen atoms in total. The minimum atomic E-state index is -0.687. The minimum Gasteiger partial charge on any atom is -0.502 e. The summed E-state index contributed by atoms with van der Waals surface area (Å²) < 4.78 is 27.9. The van der Waals surface area contributed by atoms with Crippen molar-refractivity contribution >= 4 is 29.3 Å². The van der Waals surface area contributed by atoms with Gasteiger partial charge in [-0.15, -0.1) is 0 Å². The number of nitrogens with one attached hydrogen (secondary N) is 1. The number of hydrogen-bond acceptors (Lipinski definition) is 9. The minimum absolute atomic E-state index is 0.0372. The Labute approximate surface area is 275 Å². The number of carbonyl (C=O) groups is 3. The first-order valence-corrected chi connectivity index (χ1v) is 15.3. The summed E-state index contributed by atoms with van der Waals surface area (Å²) in [6, 6.07) is 17.9. The molecule has 0 bridgehead atoms. The molecule has 0 saturated carbocycles. The molecule has 11 heteroatoms. The van der Waals surface area contributed by atoms with Crippen molar-refractivity contribution < 1.29 is 43.2 Å². The number of ether oxygens (including phenoxy) is 5. The number of amides is 1. The Morgan fingerprint density at radius 3 is 2.11 bits per heavy atom. The Morgan fingerprint density at radius 2 is 1.47 bits per heavy atom. The molecule has 47 heavy (non-hydrogen) atoms. The van der Waals surface area contributed by atoms with Gasteiger partial charge in [-0.05, 0) is 71.6 Å². The fourth-order valence-electron chi connectivity index (χ4n) is 6.74. The summed E-state index contributed by atoms with van der Waals surface area (Å²) in [7, 11) is 2.87. The number of rotatable bonds is 7. The number of aromatic hydroxyl groups is 1. The van der Waals surface area contributed by atoms with Crippen molar-refractivity contribution in [2.45, 2.75) is 18.9 Å². The molecule has 0 radical (unpaired) electrons. The summed E-state index contributed by atoms with van der Waals surface area (Å²) in [5.41, 5.74) is 4.19. The van der Waals surface area contributed by atoms with E-state index in [1.165, 1.54) is 14.2 Å². The van der Waals surface area contributed by atoms with Crippen LogP contribution in [0, 0.1) is 18.8 Å². The molecule has 2 aliphatic heterocycles. The van der Waals surface area contributed by atoms with Crippen molar-refractivity contribution in [3.05, 3.63) is 111 Å². The van der Waals surface area contributed by atoms with Gasteiger partial charge < -0.3 is 34.1 Å². The lowest BCUT2D eigenvalue weighted by Crippen LogP contribution is -2.42. The number of esters is 1. The number of halogens is 1. The van der Waals surface area contributed by atoms with Gasteiger partial charge in [-0.1, -0.05) is 35.9 Å². The third-order valence-electron chi connectivity index (χ3n) is 9.18. The van der Waals surface area contributed by atoms with Crippen molar-refractivity contribution in [3.63, 3.8) is 0 Å². The summed E-state index contributed by atoms with van der Waals surface area (Å²) in [6.07, 6.45) is 0. The molecule has 0 spiro atoms. The van der Waals surface area contributed by atoms with Crippen LogP contribution in [0.5, 0.6) is 28.7 Å². The third-order valence-corrected chi connectivity index (χ3v) is 9.59. The Morgan fingerprint density at radius 1 is 0.851 bits per heavy atom. The van der Waals surface area contributed by atoms with E-state index >= 15 is 0 Å². The van der Waals surface area contributed by atoms with E-state index in [9.17, 15) is 19.5 Å². The molecule has 1 saturated heterocycles. The molecule has 0 unspecified atom stereocenters. The van der Waals surface area contributed by atoms with Crippen LogP contribution in [0.15, 0.2) is 66.7 Å². The van der Waals surface area contributed by atoms with E-state index in [2.05, 4.69) is 5.32 Å². The van der Waals surface area contributed by atoms with Crippen LogP contribution in [0.2, 0.25) is 5.02 Å². The standard InChI is InChI=1S/C36H30ClNO9/c1-17-4-5-20(10-25(17)37)33(39)18-6-8-19(9-7-18)35(41)38-32-23-14-27-26(46-16-47-27)13-22(23)30(31-24(32)15-45-36(31)42)21-11-28(43-2)34(40)29(12-21)44-3/h4-14,24,30-32,40H,15-16H2,1-3H3,(H,38,41)/t24-,30-,31-,32-/m0/s1. The zero-order chi connectivity index (χ0) is 33.0. The van der Waals surface area contributed by atoms with Crippen LogP contribution < -0.4 is 24.3 Å². The van der Waals surface area contributed by atoms with E-state index in [0.29, 0.717) is 38.8 Å². The number of benzene rings is 4. The largest absolute Gasteiger partial charge is 0.502 e. The van der Waals surface area contributed by atoms with Gasteiger partial charge >= 0.3 is 5.97 Å². The predicted octanol–water partition coefficient (Wildman–Crippen LogP) is 5.74. The van der Waals surface area contributed by atoms with Crippen LogP contribution in [0.4, 0.5) is 0 Å². The number of cyclic esters (lactones) is 1. The highest BCUT2D eigenvalue weighted by Gasteiger charge is 2.53. The molecule has 2 heterocycles. The molecule has 1 aliphatic carbocycles. The summed E-state index contributed by atoms with van der Waals surface area (Å²) in [6.45, 7) is 1.98. The smallest absolute Gasteiger partial charge is 0.310 e. The number of hydrogen-bond donors (Lipinski definition) is 2. The molecule has 2 N–H and O–H groups in total. The number of carbonyl (C=O) groups excluding carboxylic acids is 3. The summed E-state index contributed by atoms with van der Waals surface area (Å²) >= 11 is 6.23. The second kappa shape index (κ2) is 11.9. The van der Waals surface area contributed by atoms with E-state index in [4.69, 9.17) is 35.3 Å². The number of methoxy groups -OCH3 is 2. The molecule has 4 aromatic rings.